The largest absolute Gasteiger partial charge is 0.313 e. The van der Waals surface area contributed by atoms with Gasteiger partial charge in [-0.15, -0.1) is 0 Å². The zero-order chi connectivity index (χ0) is 8.27. The van der Waals surface area contributed by atoms with Crippen LogP contribution in [-0.4, -0.2) is 19.3 Å². The fourth-order valence-corrected chi connectivity index (χ4v) is 1.53. The predicted octanol–water partition coefficient (Wildman–Crippen LogP) is 1.98. The highest BCUT2D eigenvalue weighted by molar-refractivity contribution is 4.80. The van der Waals surface area contributed by atoms with Gasteiger partial charge in [0.25, 0.3) is 0 Å². The second-order valence-corrected chi connectivity index (χ2v) is 3.91. The molecule has 0 aliphatic carbocycles. The van der Waals surface area contributed by atoms with Gasteiger partial charge in [-0.3, -0.25) is 0 Å². The molecule has 0 radical (unpaired) electrons. The first-order valence-electron chi connectivity index (χ1n) is 4.55. The fraction of sp³-hybridized carbons (Fsp3) is 1.00. The van der Waals surface area contributed by atoms with E-state index in [2.05, 4.69) is 19.2 Å². The molecule has 1 N–H and O–H groups in total. The fourth-order valence-electron chi connectivity index (χ4n) is 1.53. The van der Waals surface area contributed by atoms with Crippen molar-refractivity contribution >= 4 is 0 Å². The van der Waals surface area contributed by atoms with Crippen molar-refractivity contribution in [3.05, 3.63) is 0 Å². The minimum atomic E-state index is -0.589. The highest BCUT2D eigenvalue weighted by Gasteiger charge is 2.25. The molecule has 2 unspecified atom stereocenters. The van der Waals surface area contributed by atoms with E-state index >= 15 is 0 Å². The summed E-state index contributed by atoms with van der Waals surface area (Å²) in [6.45, 7) is 5.84. The number of halogens is 1. The van der Waals surface area contributed by atoms with Gasteiger partial charge in [0.05, 0.1) is 0 Å². The van der Waals surface area contributed by atoms with Crippen LogP contribution in [0.4, 0.5) is 4.39 Å². The van der Waals surface area contributed by atoms with E-state index in [1.807, 2.05) is 0 Å². The van der Waals surface area contributed by atoms with E-state index in [1.165, 1.54) is 0 Å². The lowest BCUT2D eigenvalue weighted by molar-refractivity contribution is 0.262. The lowest BCUT2D eigenvalue weighted by Crippen LogP contribution is -2.13. The molecule has 1 nitrogen and oxygen atoms in total. The maximum absolute atomic E-state index is 13.0. The Labute approximate surface area is 68.4 Å². The molecular weight excluding hydrogens is 141 g/mol. The quantitative estimate of drug-likeness (QED) is 0.664. The van der Waals surface area contributed by atoms with Gasteiger partial charge in [-0.2, -0.15) is 0 Å². The summed E-state index contributed by atoms with van der Waals surface area (Å²) >= 11 is 0. The molecule has 1 aliphatic heterocycles. The zero-order valence-corrected chi connectivity index (χ0v) is 7.44. The Morgan fingerprint density at radius 1 is 1.45 bits per heavy atom. The molecule has 0 aromatic rings. The number of hydrogen-bond donors (Lipinski definition) is 1. The van der Waals surface area contributed by atoms with Crippen LogP contribution in [0.2, 0.25) is 0 Å². The molecule has 0 amide bonds. The van der Waals surface area contributed by atoms with E-state index in [0.29, 0.717) is 12.5 Å². The molecule has 1 aliphatic rings. The smallest absolute Gasteiger partial charge is 0.116 e. The summed E-state index contributed by atoms with van der Waals surface area (Å²) < 4.78 is 13.0. The van der Waals surface area contributed by atoms with E-state index in [9.17, 15) is 4.39 Å². The van der Waals surface area contributed by atoms with Gasteiger partial charge in [-0.05, 0) is 12.3 Å². The number of alkyl halides is 1. The van der Waals surface area contributed by atoms with Gasteiger partial charge in [0, 0.05) is 19.0 Å². The van der Waals surface area contributed by atoms with Crippen LogP contribution in [0.3, 0.4) is 0 Å². The SMILES string of the molecule is CC(C)CCC1CNCC1F. The van der Waals surface area contributed by atoms with Gasteiger partial charge in [-0.1, -0.05) is 20.3 Å². The van der Waals surface area contributed by atoms with Crippen LogP contribution >= 0.6 is 0 Å². The Morgan fingerprint density at radius 2 is 2.18 bits per heavy atom. The molecule has 1 fully saturated rings. The third kappa shape index (κ3) is 2.78. The first-order valence-corrected chi connectivity index (χ1v) is 4.55. The van der Waals surface area contributed by atoms with Crippen LogP contribution < -0.4 is 5.32 Å². The van der Waals surface area contributed by atoms with E-state index in [-0.39, 0.29) is 5.92 Å². The van der Waals surface area contributed by atoms with E-state index in [0.717, 1.165) is 19.4 Å². The summed E-state index contributed by atoms with van der Waals surface area (Å²) in [6.07, 6.45) is 1.62. The maximum atomic E-state index is 13.0. The molecule has 1 heterocycles. The highest BCUT2D eigenvalue weighted by atomic mass is 19.1. The van der Waals surface area contributed by atoms with E-state index < -0.39 is 6.17 Å². The highest BCUT2D eigenvalue weighted by Crippen LogP contribution is 2.20. The summed E-state index contributed by atoms with van der Waals surface area (Å²) in [5.41, 5.74) is 0. The average Bonchev–Trinajstić information content (AvgIpc) is 2.31. The Bertz CT molecular complexity index is 114. The van der Waals surface area contributed by atoms with Crippen molar-refractivity contribution in [2.75, 3.05) is 13.1 Å². The number of hydrogen-bond acceptors (Lipinski definition) is 1. The lowest BCUT2D eigenvalue weighted by atomic mass is 9.96. The molecule has 1 rings (SSSR count). The van der Waals surface area contributed by atoms with Crippen molar-refractivity contribution in [1.82, 2.24) is 5.32 Å². The van der Waals surface area contributed by atoms with Crippen LogP contribution in [0.25, 0.3) is 0 Å². The normalized spacial score (nSPS) is 31.6. The molecule has 0 saturated carbocycles. The van der Waals surface area contributed by atoms with Crippen molar-refractivity contribution in [2.24, 2.45) is 11.8 Å². The van der Waals surface area contributed by atoms with Gasteiger partial charge in [-0.25, -0.2) is 4.39 Å². The van der Waals surface area contributed by atoms with Crippen molar-refractivity contribution < 1.29 is 4.39 Å². The number of nitrogens with one attached hydrogen (secondary N) is 1. The summed E-state index contributed by atoms with van der Waals surface area (Å²) in [5, 5.41) is 3.07. The monoisotopic (exact) mass is 159 g/mol. The zero-order valence-electron chi connectivity index (χ0n) is 7.44. The first-order chi connectivity index (χ1) is 5.20. The second-order valence-electron chi connectivity index (χ2n) is 3.91. The molecule has 66 valence electrons. The molecule has 0 aromatic heterocycles. The average molecular weight is 159 g/mol. The summed E-state index contributed by atoms with van der Waals surface area (Å²) in [5.74, 6) is 1.00. The Kier molecular flexibility index (Phi) is 3.31. The summed E-state index contributed by atoms with van der Waals surface area (Å²) in [6, 6.07) is 0. The van der Waals surface area contributed by atoms with Gasteiger partial charge < -0.3 is 5.32 Å². The van der Waals surface area contributed by atoms with Crippen molar-refractivity contribution in [1.29, 1.82) is 0 Å². The van der Waals surface area contributed by atoms with Crippen LogP contribution in [-0.2, 0) is 0 Å². The third-order valence-corrected chi connectivity index (χ3v) is 2.37. The van der Waals surface area contributed by atoms with Gasteiger partial charge >= 0.3 is 0 Å². The van der Waals surface area contributed by atoms with Gasteiger partial charge in [0.1, 0.15) is 6.17 Å². The first kappa shape index (κ1) is 8.98. The maximum Gasteiger partial charge on any atom is 0.116 e. The molecule has 2 atom stereocenters. The van der Waals surface area contributed by atoms with Crippen molar-refractivity contribution in [3.63, 3.8) is 0 Å². The molecule has 11 heavy (non-hydrogen) atoms. The predicted molar refractivity (Wildman–Crippen MR) is 45.3 cm³/mol. The van der Waals surface area contributed by atoms with Crippen molar-refractivity contribution in [2.45, 2.75) is 32.9 Å². The Balaban J connectivity index is 2.15. The molecule has 0 aromatic carbocycles. The number of rotatable bonds is 3. The minimum Gasteiger partial charge on any atom is -0.313 e. The molecular formula is C9H18FN. The van der Waals surface area contributed by atoms with Crippen LogP contribution in [0.15, 0.2) is 0 Å². The molecule has 0 bridgehead atoms. The standard InChI is InChI=1S/C9H18FN/c1-7(2)3-4-8-5-11-6-9(8)10/h7-9,11H,3-6H2,1-2H3. The van der Waals surface area contributed by atoms with Crippen molar-refractivity contribution in [3.8, 4) is 0 Å². The van der Waals surface area contributed by atoms with Crippen LogP contribution in [0, 0.1) is 11.8 Å². The lowest BCUT2D eigenvalue weighted by Gasteiger charge is -2.12. The molecule has 1 saturated heterocycles. The van der Waals surface area contributed by atoms with Gasteiger partial charge in [0.15, 0.2) is 0 Å². The summed E-state index contributed by atoms with van der Waals surface area (Å²) in [7, 11) is 0. The summed E-state index contributed by atoms with van der Waals surface area (Å²) in [4.78, 5) is 0. The second kappa shape index (κ2) is 4.05. The van der Waals surface area contributed by atoms with Crippen LogP contribution in [0.5, 0.6) is 0 Å². The van der Waals surface area contributed by atoms with E-state index in [4.69, 9.17) is 0 Å². The Morgan fingerprint density at radius 3 is 2.64 bits per heavy atom. The Hall–Kier alpha value is -0.110. The topological polar surface area (TPSA) is 12.0 Å². The third-order valence-electron chi connectivity index (χ3n) is 2.37. The van der Waals surface area contributed by atoms with Gasteiger partial charge in [0.2, 0.25) is 0 Å². The molecule has 2 heteroatoms. The molecule has 0 spiro atoms. The van der Waals surface area contributed by atoms with E-state index in [1.54, 1.807) is 0 Å². The minimum absolute atomic E-state index is 0.289. The van der Waals surface area contributed by atoms with Crippen LogP contribution in [0.1, 0.15) is 26.7 Å².